The van der Waals surface area contributed by atoms with Gasteiger partial charge in [-0.2, -0.15) is 22.0 Å². The number of methoxy groups -OCH3 is 1. The maximum atomic E-state index is 14.8. The molecule has 2 heterocycles. The van der Waals surface area contributed by atoms with Crippen molar-refractivity contribution in [3.8, 4) is 5.75 Å². The van der Waals surface area contributed by atoms with Crippen LogP contribution in [0, 0.1) is 0 Å². The van der Waals surface area contributed by atoms with Crippen molar-refractivity contribution in [1.29, 1.82) is 0 Å². The number of carbonyl (C=O) groups excluding carboxylic acids is 2. The van der Waals surface area contributed by atoms with Gasteiger partial charge in [-0.3, -0.25) is 14.6 Å². The second kappa shape index (κ2) is 12.8. The number of pyridine rings is 1. The summed E-state index contributed by atoms with van der Waals surface area (Å²) in [4.78, 5) is 29.3. The zero-order valence-corrected chi connectivity index (χ0v) is 22.6. The van der Waals surface area contributed by atoms with Gasteiger partial charge in [0.2, 0.25) is 11.8 Å². The highest BCUT2D eigenvalue weighted by Gasteiger charge is 2.59. The summed E-state index contributed by atoms with van der Waals surface area (Å²) in [5.41, 5.74) is -3.36. The van der Waals surface area contributed by atoms with Crippen molar-refractivity contribution in [3.63, 3.8) is 0 Å². The summed E-state index contributed by atoms with van der Waals surface area (Å²) < 4.78 is 102. The fourth-order valence-electron chi connectivity index (χ4n) is 4.13. The van der Waals surface area contributed by atoms with Crippen molar-refractivity contribution in [2.75, 3.05) is 32.3 Å². The first-order valence-electron chi connectivity index (χ1n) is 11.9. The van der Waals surface area contributed by atoms with Crippen molar-refractivity contribution in [2.45, 2.75) is 24.7 Å². The molecule has 41 heavy (non-hydrogen) atoms. The molecule has 0 bridgehead atoms. The molecule has 0 saturated carbocycles. The summed E-state index contributed by atoms with van der Waals surface area (Å²) in [5, 5.41) is 4.26. The lowest BCUT2D eigenvalue weighted by molar-refractivity contribution is -0.201. The molecule has 0 unspecified atom stereocenters. The molecule has 1 aliphatic heterocycles. The van der Waals surface area contributed by atoms with Crippen LogP contribution in [0.2, 0.25) is 0 Å². The summed E-state index contributed by atoms with van der Waals surface area (Å²) in [7, 11) is -2.25. The van der Waals surface area contributed by atoms with Crippen LogP contribution in [-0.2, 0) is 29.7 Å². The summed E-state index contributed by atoms with van der Waals surface area (Å²) >= 11 is 0. The molecule has 0 saturated heterocycles. The minimum atomic E-state index is -5.02. The third-order valence-electron chi connectivity index (χ3n) is 5.99. The van der Waals surface area contributed by atoms with Gasteiger partial charge in [0.05, 0.1) is 18.5 Å². The van der Waals surface area contributed by atoms with E-state index in [1.807, 2.05) is 5.32 Å². The maximum Gasteiger partial charge on any atom is 0.416 e. The summed E-state index contributed by atoms with van der Waals surface area (Å²) in [5.74, 6) is -3.45. The van der Waals surface area contributed by atoms with Gasteiger partial charge >= 0.3 is 12.8 Å². The number of aromatic nitrogens is 1. The highest BCUT2D eigenvalue weighted by atomic mass is 32.2. The molecule has 1 aromatic carbocycles. The van der Waals surface area contributed by atoms with Gasteiger partial charge < -0.3 is 20.1 Å². The number of benzene rings is 1. The quantitative estimate of drug-likeness (QED) is 0.378. The molecule has 0 aliphatic carbocycles. The van der Waals surface area contributed by atoms with Gasteiger partial charge in [-0.25, -0.2) is 8.42 Å². The zero-order chi connectivity index (χ0) is 30.4. The molecule has 2 N–H and O–H groups in total. The number of carbonyl (C=O) groups is 2. The fourth-order valence-corrected chi connectivity index (χ4v) is 4.71. The van der Waals surface area contributed by atoms with E-state index in [9.17, 15) is 40.0 Å². The van der Waals surface area contributed by atoms with Gasteiger partial charge in [0.25, 0.3) is 0 Å². The maximum absolute atomic E-state index is 14.8. The second-order valence-corrected chi connectivity index (χ2v) is 11.2. The third kappa shape index (κ3) is 8.10. The van der Waals surface area contributed by atoms with Crippen LogP contribution < -0.4 is 15.4 Å². The van der Waals surface area contributed by atoms with Gasteiger partial charge in [0, 0.05) is 31.9 Å². The van der Waals surface area contributed by atoms with Crippen LogP contribution in [0.4, 0.5) is 22.0 Å². The zero-order valence-electron chi connectivity index (χ0n) is 21.8. The minimum absolute atomic E-state index is 0.165. The Bertz CT molecular complexity index is 1430. The topological polar surface area (TPSA) is 124 Å². The average Bonchev–Trinajstić information content (AvgIpc) is 2.86. The van der Waals surface area contributed by atoms with E-state index in [0.717, 1.165) is 24.6 Å². The molecule has 2 aromatic rings. The summed E-state index contributed by atoms with van der Waals surface area (Å²) in [6, 6.07) is 7.44. The molecule has 15 heteroatoms. The van der Waals surface area contributed by atoms with E-state index >= 15 is 0 Å². The lowest BCUT2D eigenvalue weighted by atomic mass is 9.77. The van der Waals surface area contributed by atoms with E-state index < -0.39 is 58.7 Å². The largest absolute Gasteiger partial charge is 0.433 e. The predicted molar refractivity (Wildman–Crippen MR) is 138 cm³/mol. The first kappa shape index (κ1) is 31.7. The van der Waals surface area contributed by atoms with E-state index in [1.165, 1.54) is 31.4 Å². The Labute approximate surface area is 232 Å². The molecular formula is C26H26F5N3O6S. The van der Waals surface area contributed by atoms with E-state index in [0.29, 0.717) is 5.56 Å². The number of sulfone groups is 1. The van der Waals surface area contributed by atoms with Gasteiger partial charge in [-0.05, 0) is 28.8 Å². The Morgan fingerprint density at radius 2 is 1.88 bits per heavy atom. The molecule has 9 nitrogen and oxygen atoms in total. The average molecular weight is 604 g/mol. The second-order valence-electron chi connectivity index (χ2n) is 9.08. The van der Waals surface area contributed by atoms with Gasteiger partial charge in [-0.15, -0.1) is 0 Å². The van der Waals surface area contributed by atoms with Crippen molar-refractivity contribution in [2.24, 2.45) is 0 Å². The van der Waals surface area contributed by atoms with E-state index in [-0.39, 0.29) is 34.8 Å². The number of rotatable bonds is 11. The first-order valence-corrected chi connectivity index (χ1v) is 13.9. The van der Waals surface area contributed by atoms with Crippen molar-refractivity contribution >= 4 is 33.3 Å². The highest BCUT2D eigenvalue weighted by Crippen LogP contribution is 2.48. The Hall–Kier alpha value is -3.85. The number of halogens is 5. The predicted octanol–water partition coefficient (Wildman–Crippen LogP) is 3.23. The molecular weight excluding hydrogens is 577 g/mol. The standard InChI is InChI=1S/C26H26F5N3O6S/c1-39-11-3-4-16-5-7-17(8-6-16)25(26(29,30)31)12-19(21-10-9-18(13-32-21)40-24(27)28)20(23(36)34-25)14-33-22(35)15-41(2,37)38/h3-10,13,24H,11-12,14-15H2,1-2H3,(H,33,35)(H,34,36)/b4-3+/t25-/m0/s1. The van der Waals surface area contributed by atoms with Gasteiger partial charge in [0.1, 0.15) is 11.5 Å². The van der Waals surface area contributed by atoms with E-state index in [4.69, 9.17) is 4.74 Å². The molecule has 222 valence electrons. The number of amides is 2. The van der Waals surface area contributed by atoms with Crippen LogP contribution in [-0.4, -0.2) is 70.3 Å². The molecule has 1 aromatic heterocycles. The Kier molecular flexibility index (Phi) is 9.86. The lowest BCUT2D eigenvalue weighted by Crippen LogP contribution is -2.59. The molecule has 2 amide bonds. The Morgan fingerprint density at radius 1 is 1.20 bits per heavy atom. The molecule has 0 spiro atoms. The number of hydrogen-bond donors (Lipinski definition) is 2. The molecule has 0 fully saturated rings. The van der Waals surface area contributed by atoms with Gasteiger partial charge in [-0.1, -0.05) is 36.4 Å². The summed E-state index contributed by atoms with van der Waals surface area (Å²) in [6.07, 6.45) is -0.922. The van der Waals surface area contributed by atoms with E-state index in [2.05, 4.69) is 15.0 Å². The van der Waals surface area contributed by atoms with Crippen molar-refractivity contribution < 1.29 is 49.4 Å². The molecule has 1 aliphatic rings. The smallest absolute Gasteiger partial charge is 0.416 e. The number of ether oxygens (including phenoxy) is 2. The van der Waals surface area contributed by atoms with Crippen LogP contribution in [0.3, 0.4) is 0 Å². The highest BCUT2D eigenvalue weighted by molar-refractivity contribution is 7.91. The third-order valence-corrected chi connectivity index (χ3v) is 6.78. The van der Waals surface area contributed by atoms with Crippen LogP contribution in [0.25, 0.3) is 11.6 Å². The number of alkyl halides is 5. The molecule has 0 radical (unpaired) electrons. The lowest BCUT2D eigenvalue weighted by Gasteiger charge is -2.41. The Morgan fingerprint density at radius 3 is 2.41 bits per heavy atom. The Balaban J connectivity index is 2.09. The normalized spacial score (nSPS) is 18.1. The SMILES string of the molecule is COC/C=C/c1ccc([C@]2(C(F)(F)F)CC(c3ccc(OC(F)F)cn3)=C(CNC(=O)CS(C)(=O)=O)C(=O)N2)cc1. The summed E-state index contributed by atoms with van der Waals surface area (Å²) in [6.45, 7) is -3.51. The first-order chi connectivity index (χ1) is 19.1. The van der Waals surface area contributed by atoms with Crippen LogP contribution in [0.5, 0.6) is 5.75 Å². The minimum Gasteiger partial charge on any atom is -0.433 e. The fraction of sp³-hybridized carbons (Fsp3) is 0.346. The van der Waals surface area contributed by atoms with Gasteiger partial charge in [0.15, 0.2) is 15.4 Å². The van der Waals surface area contributed by atoms with Crippen LogP contribution in [0.15, 0.2) is 54.2 Å². The van der Waals surface area contributed by atoms with E-state index in [1.54, 1.807) is 12.2 Å². The number of nitrogens with one attached hydrogen (secondary N) is 2. The van der Waals surface area contributed by atoms with Crippen molar-refractivity contribution in [1.82, 2.24) is 15.6 Å². The molecule has 1 atom stereocenters. The molecule has 3 rings (SSSR count). The number of nitrogens with zero attached hydrogens (tertiary/aromatic N) is 1. The van der Waals surface area contributed by atoms with Crippen LogP contribution in [0.1, 0.15) is 23.2 Å². The van der Waals surface area contributed by atoms with Crippen LogP contribution >= 0.6 is 0 Å². The monoisotopic (exact) mass is 603 g/mol. The number of hydrogen-bond acceptors (Lipinski definition) is 7. The van der Waals surface area contributed by atoms with Crippen molar-refractivity contribution in [3.05, 3.63) is 71.1 Å².